The Morgan fingerprint density at radius 2 is 2.05 bits per heavy atom. The number of rotatable bonds is 4. The molecule has 0 bridgehead atoms. The Balaban J connectivity index is 2.23. The van der Waals surface area contributed by atoms with E-state index in [1.807, 2.05) is 0 Å². The highest BCUT2D eigenvalue weighted by Gasteiger charge is 2.28. The van der Waals surface area contributed by atoms with E-state index in [0.717, 1.165) is 44.6 Å². The summed E-state index contributed by atoms with van der Waals surface area (Å²) in [7, 11) is 1.46. The molecule has 0 aliphatic carbocycles. The van der Waals surface area contributed by atoms with Crippen molar-refractivity contribution < 1.29 is 9.53 Å². The zero-order valence-corrected chi connectivity index (χ0v) is 12.4. The van der Waals surface area contributed by atoms with Crippen LogP contribution in [0.5, 0.6) is 0 Å². The van der Waals surface area contributed by atoms with Crippen LogP contribution in [0.2, 0.25) is 0 Å². The molecule has 110 valence electrons. The van der Waals surface area contributed by atoms with Crippen molar-refractivity contribution in [3.05, 3.63) is 35.4 Å². The van der Waals surface area contributed by atoms with Crippen LogP contribution in [-0.2, 0) is 16.0 Å². The maximum absolute atomic E-state index is 12.2. The average Bonchev–Trinajstić information content (AvgIpc) is 2.77. The lowest BCUT2D eigenvalue weighted by Gasteiger charge is -2.28. The molecule has 1 aliphatic heterocycles. The fraction of sp³-hybridized carbons (Fsp3) is 0.562. The average molecular weight is 276 g/mol. The minimum atomic E-state index is -0.286. The molecule has 20 heavy (non-hydrogen) atoms. The van der Waals surface area contributed by atoms with Crippen molar-refractivity contribution in [1.29, 1.82) is 0 Å². The van der Waals surface area contributed by atoms with Gasteiger partial charge in [-0.1, -0.05) is 31.2 Å². The maximum Gasteiger partial charge on any atom is 0.327 e. The lowest BCUT2D eigenvalue weighted by Crippen LogP contribution is -2.37. The number of methoxy groups -OCH3 is 1. The van der Waals surface area contributed by atoms with Crippen LogP contribution in [0.3, 0.4) is 0 Å². The van der Waals surface area contributed by atoms with E-state index >= 15 is 0 Å². The lowest BCUT2D eigenvalue weighted by atomic mass is 10.0. The third kappa shape index (κ3) is 3.58. The van der Waals surface area contributed by atoms with E-state index < -0.39 is 0 Å². The summed E-state index contributed by atoms with van der Waals surface area (Å²) in [4.78, 5) is 14.4. The number of nitrogens with zero attached hydrogens (tertiary/aromatic N) is 1. The molecule has 1 aromatic carbocycles. The molecular weight excluding hydrogens is 252 g/mol. The summed E-state index contributed by atoms with van der Waals surface area (Å²) >= 11 is 0. The molecule has 0 amide bonds. The van der Waals surface area contributed by atoms with Crippen LogP contribution >= 0.6 is 0 Å². The molecule has 0 aromatic heterocycles. The molecule has 4 nitrogen and oxygen atoms in total. The highest BCUT2D eigenvalue weighted by Crippen LogP contribution is 2.23. The normalized spacial score (nSPS) is 18.3. The molecule has 0 radical (unpaired) electrons. The number of nitrogens with one attached hydrogen (secondary N) is 1. The van der Waals surface area contributed by atoms with E-state index in [4.69, 9.17) is 4.74 Å². The SMILES string of the molecule is CCc1ccc(C(C(=O)OC)N2CCCNCC2)cc1. The Labute approximate surface area is 121 Å². The first-order valence-electron chi connectivity index (χ1n) is 7.37. The zero-order chi connectivity index (χ0) is 14.4. The highest BCUT2D eigenvalue weighted by atomic mass is 16.5. The second-order valence-corrected chi connectivity index (χ2v) is 5.16. The summed E-state index contributed by atoms with van der Waals surface area (Å²) < 4.78 is 5.02. The number of hydrogen-bond donors (Lipinski definition) is 1. The van der Waals surface area contributed by atoms with Gasteiger partial charge in [0.15, 0.2) is 0 Å². The van der Waals surface area contributed by atoms with Gasteiger partial charge in [-0.25, -0.2) is 4.79 Å². The topological polar surface area (TPSA) is 41.6 Å². The van der Waals surface area contributed by atoms with Crippen LogP contribution in [0.25, 0.3) is 0 Å². The van der Waals surface area contributed by atoms with Gasteiger partial charge in [0, 0.05) is 19.6 Å². The third-order valence-electron chi connectivity index (χ3n) is 3.87. The molecule has 1 fully saturated rings. The largest absolute Gasteiger partial charge is 0.468 e. The number of carbonyl (C=O) groups is 1. The van der Waals surface area contributed by atoms with Gasteiger partial charge < -0.3 is 10.1 Å². The summed E-state index contributed by atoms with van der Waals surface area (Å²) in [5.74, 6) is -0.170. The second kappa shape index (κ2) is 7.41. The van der Waals surface area contributed by atoms with Crippen LogP contribution < -0.4 is 5.32 Å². The number of aryl methyl sites for hydroxylation is 1. The summed E-state index contributed by atoms with van der Waals surface area (Å²) in [5.41, 5.74) is 2.31. The monoisotopic (exact) mass is 276 g/mol. The van der Waals surface area contributed by atoms with Crippen LogP contribution in [0.15, 0.2) is 24.3 Å². The van der Waals surface area contributed by atoms with Crippen LogP contribution in [0, 0.1) is 0 Å². The molecule has 1 saturated heterocycles. The molecule has 1 N–H and O–H groups in total. The molecule has 0 saturated carbocycles. The fourth-order valence-corrected chi connectivity index (χ4v) is 2.67. The molecule has 1 atom stereocenters. The van der Waals surface area contributed by atoms with Crippen molar-refractivity contribution in [3.8, 4) is 0 Å². The molecule has 4 heteroatoms. The maximum atomic E-state index is 12.2. The Bertz CT molecular complexity index is 423. The summed E-state index contributed by atoms with van der Waals surface area (Å²) in [6.45, 7) is 5.85. The van der Waals surface area contributed by atoms with Gasteiger partial charge in [-0.3, -0.25) is 4.90 Å². The molecule has 1 heterocycles. The van der Waals surface area contributed by atoms with Gasteiger partial charge in [0.25, 0.3) is 0 Å². The molecule has 1 aromatic rings. The Hall–Kier alpha value is -1.39. The van der Waals surface area contributed by atoms with Gasteiger partial charge in [-0.15, -0.1) is 0 Å². The van der Waals surface area contributed by atoms with Gasteiger partial charge in [-0.2, -0.15) is 0 Å². The van der Waals surface area contributed by atoms with E-state index in [2.05, 4.69) is 41.4 Å². The summed E-state index contributed by atoms with van der Waals surface area (Å²) in [5, 5.41) is 3.36. The molecular formula is C16H24N2O2. The van der Waals surface area contributed by atoms with Crippen molar-refractivity contribution >= 4 is 5.97 Å². The minimum Gasteiger partial charge on any atom is -0.468 e. The Morgan fingerprint density at radius 1 is 1.30 bits per heavy atom. The van der Waals surface area contributed by atoms with Crippen molar-refractivity contribution in [2.45, 2.75) is 25.8 Å². The van der Waals surface area contributed by atoms with Gasteiger partial charge in [0.1, 0.15) is 6.04 Å². The van der Waals surface area contributed by atoms with Crippen LogP contribution in [-0.4, -0.2) is 44.2 Å². The Kier molecular flexibility index (Phi) is 5.56. The molecule has 1 aliphatic rings. The predicted molar refractivity (Wildman–Crippen MR) is 79.6 cm³/mol. The minimum absolute atomic E-state index is 0.170. The van der Waals surface area contributed by atoms with E-state index in [9.17, 15) is 4.79 Å². The number of carbonyl (C=O) groups excluding carboxylic acids is 1. The first-order chi connectivity index (χ1) is 9.76. The molecule has 1 unspecified atom stereocenters. The summed E-state index contributed by atoms with van der Waals surface area (Å²) in [6.07, 6.45) is 2.07. The fourth-order valence-electron chi connectivity index (χ4n) is 2.67. The third-order valence-corrected chi connectivity index (χ3v) is 3.87. The van der Waals surface area contributed by atoms with E-state index in [0.29, 0.717) is 0 Å². The first kappa shape index (κ1) is 15.0. The number of esters is 1. The van der Waals surface area contributed by atoms with Crippen molar-refractivity contribution in [1.82, 2.24) is 10.2 Å². The highest BCUT2D eigenvalue weighted by molar-refractivity contribution is 5.77. The zero-order valence-electron chi connectivity index (χ0n) is 12.4. The molecule has 0 spiro atoms. The first-order valence-corrected chi connectivity index (χ1v) is 7.37. The number of benzene rings is 1. The van der Waals surface area contributed by atoms with Crippen LogP contribution in [0.4, 0.5) is 0 Å². The number of ether oxygens (including phenoxy) is 1. The van der Waals surface area contributed by atoms with Crippen LogP contribution in [0.1, 0.15) is 30.5 Å². The van der Waals surface area contributed by atoms with E-state index in [1.54, 1.807) is 0 Å². The van der Waals surface area contributed by atoms with Crippen molar-refractivity contribution in [3.63, 3.8) is 0 Å². The lowest BCUT2D eigenvalue weighted by molar-refractivity contribution is -0.147. The van der Waals surface area contributed by atoms with Gasteiger partial charge in [-0.05, 0) is 30.5 Å². The van der Waals surface area contributed by atoms with Crippen molar-refractivity contribution in [2.75, 3.05) is 33.3 Å². The van der Waals surface area contributed by atoms with Gasteiger partial charge in [0.2, 0.25) is 0 Å². The van der Waals surface area contributed by atoms with Gasteiger partial charge >= 0.3 is 5.97 Å². The Morgan fingerprint density at radius 3 is 2.70 bits per heavy atom. The van der Waals surface area contributed by atoms with E-state index in [1.165, 1.54) is 12.7 Å². The van der Waals surface area contributed by atoms with E-state index in [-0.39, 0.29) is 12.0 Å². The second-order valence-electron chi connectivity index (χ2n) is 5.16. The van der Waals surface area contributed by atoms with Crippen molar-refractivity contribution in [2.24, 2.45) is 0 Å². The smallest absolute Gasteiger partial charge is 0.327 e. The van der Waals surface area contributed by atoms with Gasteiger partial charge in [0.05, 0.1) is 7.11 Å². The molecule has 2 rings (SSSR count). The number of hydrogen-bond acceptors (Lipinski definition) is 4. The quantitative estimate of drug-likeness (QED) is 0.851. The standard InChI is InChI=1S/C16H24N2O2/c1-3-13-5-7-14(8-6-13)15(16(19)20-2)18-11-4-9-17-10-12-18/h5-8,15,17H,3-4,9-12H2,1-2H3. The summed E-state index contributed by atoms with van der Waals surface area (Å²) in [6, 6.07) is 8.02. The predicted octanol–water partition coefficient (Wildman–Crippen LogP) is 1.76.